The Kier molecular flexibility index (Phi) is 4.23. The number of rotatable bonds is 5. The smallest absolute Gasteiger partial charge is 0.348 e. The highest BCUT2D eigenvalue weighted by molar-refractivity contribution is 5.76. The summed E-state index contributed by atoms with van der Waals surface area (Å²) >= 11 is 0. The molecule has 1 amide bonds. The van der Waals surface area contributed by atoms with Gasteiger partial charge >= 0.3 is 5.69 Å². The van der Waals surface area contributed by atoms with Crippen molar-refractivity contribution < 1.29 is 4.79 Å². The summed E-state index contributed by atoms with van der Waals surface area (Å²) in [5.41, 5.74) is 1.43. The van der Waals surface area contributed by atoms with E-state index in [-0.39, 0.29) is 24.2 Å². The maximum absolute atomic E-state index is 12.3. The molecule has 0 fully saturated rings. The quantitative estimate of drug-likeness (QED) is 0.781. The van der Waals surface area contributed by atoms with Crippen molar-refractivity contribution in [1.82, 2.24) is 19.5 Å². The number of nitrogens with one attached hydrogen (secondary N) is 1. The van der Waals surface area contributed by atoms with Crippen molar-refractivity contribution in [3.05, 3.63) is 70.9 Å². The zero-order chi connectivity index (χ0) is 16.2. The van der Waals surface area contributed by atoms with Gasteiger partial charge in [0.1, 0.15) is 6.54 Å². The molecule has 0 aliphatic heterocycles. The lowest BCUT2D eigenvalue weighted by molar-refractivity contribution is -0.122. The molecule has 6 heteroatoms. The highest BCUT2D eigenvalue weighted by Crippen LogP contribution is 2.15. The first-order chi connectivity index (χ1) is 11.2. The maximum Gasteiger partial charge on any atom is 0.349 e. The molecular weight excluding hydrogens is 292 g/mol. The predicted octanol–water partition coefficient (Wildman–Crippen LogP) is 1.76. The third kappa shape index (κ3) is 3.15. The fourth-order valence-corrected chi connectivity index (χ4v) is 2.57. The van der Waals surface area contributed by atoms with Crippen molar-refractivity contribution in [2.24, 2.45) is 0 Å². The fraction of sp³-hybridized carbons (Fsp3) is 0.235. The van der Waals surface area contributed by atoms with Crippen molar-refractivity contribution in [1.29, 1.82) is 0 Å². The average molecular weight is 310 g/mol. The molecule has 1 atom stereocenters. The van der Waals surface area contributed by atoms with Crippen LogP contribution in [0.2, 0.25) is 0 Å². The van der Waals surface area contributed by atoms with Crippen LogP contribution in [-0.2, 0) is 11.3 Å². The first-order valence-corrected chi connectivity index (χ1v) is 7.56. The summed E-state index contributed by atoms with van der Waals surface area (Å²) in [4.78, 5) is 24.5. The van der Waals surface area contributed by atoms with Crippen LogP contribution >= 0.6 is 0 Å². The van der Waals surface area contributed by atoms with Gasteiger partial charge in [-0.05, 0) is 24.1 Å². The lowest BCUT2D eigenvalue weighted by Crippen LogP contribution is -2.37. The summed E-state index contributed by atoms with van der Waals surface area (Å²) in [6.07, 6.45) is 4.00. The minimum atomic E-state index is -0.324. The highest BCUT2D eigenvalue weighted by Gasteiger charge is 2.14. The van der Waals surface area contributed by atoms with Crippen LogP contribution in [0.5, 0.6) is 0 Å². The van der Waals surface area contributed by atoms with Crippen molar-refractivity contribution in [3.8, 4) is 0 Å². The summed E-state index contributed by atoms with van der Waals surface area (Å²) < 4.78 is 2.63. The maximum atomic E-state index is 12.3. The van der Waals surface area contributed by atoms with Gasteiger partial charge in [-0.15, -0.1) is 0 Å². The van der Waals surface area contributed by atoms with E-state index >= 15 is 0 Å². The summed E-state index contributed by atoms with van der Waals surface area (Å²) in [6, 6.07) is 13.3. The molecule has 2 heterocycles. The normalized spacial score (nSPS) is 12.2. The Balaban J connectivity index is 1.75. The van der Waals surface area contributed by atoms with E-state index in [1.165, 1.54) is 9.08 Å². The van der Waals surface area contributed by atoms with Crippen LogP contribution in [-0.4, -0.2) is 20.1 Å². The third-order valence-corrected chi connectivity index (χ3v) is 3.78. The molecule has 118 valence electrons. The van der Waals surface area contributed by atoms with Gasteiger partial charge in [0, 0.05) is 6.20 Å². The van der Waals surface area contributed by atoms with E-state index in [0.29, 0.717) is 5.52 Å². The molecule has 1 N–H and O–H groups in total. The molecule has 0 aliphatic rings. The van der Waals surface area contributed by atoms with E-state index in [1.807, 2.05) is 37.3 Å². The van der Waals surface area contributed by atoms with Crippen LogP contribution in [0.15, 0.2) is 59.7 Å². The number of aromatic nitrogens is 3. The number of carbonyl (C=O) groups excluding carboxylic acids is 1. The molecule has 23 heavy (non-hydrogen) atoms. The number of fused-ring (bicyclic) bond motifs is 1. The minimum absolute atomic E-state index is 0.0743. The standard InChI is InChI=1S/C17H18N4O2/c1-2-15(13-7-4-3-5-8-13)19-16(22)12-21-17(23)20-10-6-9-14(20)11-18-21/h3-11,15H,2,12H2,1H3,(H,19,22)/t15-/m0/s1. The lowest BCUT2D eigenvalue weighted by atomic mass is 10.0. The monoisotopic (exact) mass is 310 g/mol. The Morgan fingerprint density at radius 1 is 1.22 bits per heavy atom. The zero-order valence-electron chi connectivity index (χ0n) is 12.8. The molecule has 0 unspecified atom stereocenters. The van der Waals surface area contributed by atoms with Gasteiger partial charge in [0.15, 0.2) is 0 Å². The second-order valence-corrected chi connectivity index (χ2v) is 5.33. The van der Waals surface area contributed by atoms with Crippen molar-refractivity contribution in [2.75, 3.05) is 0 Å². The van der Waals surface area contributed by atoms with E-state index in [2.05, 4.69) is 10.4 Å². The van der Waals surface area contributed by atoms with Gasteiger partial charge in [-0.25, -0.2) is 9.48 Å². The fourth-order valence-electron chi connectivity index (χ4n) is 2.57. The predicted molar refractivity (Wildman–Crippen MR) is 87.1 cm³/mol. The Bertz CT molecular complexity index is 867. The van der Waals surface area contributed by atoms with Crippen molar-refractivity contribution in [2.45, 2.75) is 25.9 Å². The van der Waals surface area contributed by atoms with E-state index in [4.69, 9.17) is 0 Å². The molecule has 0 saturated carbocycles. The topological polar surface area (TPSA) is 68.4 Å². The SMILES string of the molecule is CC[C@H](NC(=O)Cn1ncc2cccn2c1=O)c1ccccc1. The Morgan fingerprint density at radius 3 is 2.74 bits per heavy atom. The Morgan fingerprint density at radius 2 is 2.00 bits per heavy atom. The highest BCUT2D eigenvalue weighted by atomic mass is 16.2. The molecule has 0 bridgehead atoms. The zero-order valence-corrected chi connectivity index (χ0v) is 12.8. The molecule has 6 nitrogen and oxygen atoms in total. The molecule has 0 saturated heterocycles. The van der Waals surface area contributed by atoms with E-state index in [9.17, 15) is 9.59 Å². The van der Waals surface area contributed by atoms with Crippen molar-refractivity contribution >= 4 is 11.4 Å². The first-order valence-electron chi connectivity index (χ1n) is 7.56. The first kappa shape index (κ1) is 15.0. The van der Waals surface area contributed by atoms with Crippen LogP contribution in [0.3, 0.4) is 0 Å². The van der Waals surface area contributed by atoms with E-state index in [0.717, 1.165) is 12.0 Å². The number of carbonyl (C=O) groups is 1. The van der Waals surface area contributed by atoms with E-state index in [1.54, 1.807) is 24.5 Å². The second-order valence-electron chi connectivity index (χ2n) is 5.33. The summed E-state index contributed by atoms with van der Waals surface area (Å²) in [5, 5.41) is 7.00. The van der Waals surface area contributed by atoms with Crippen LogP contribution in [0.25, 0.3) is 5.52 Å². The average Bonchev–Trinajstić information content (AvgIpc) is 3.05. The summed E-state index contributed by atoms with van der Waals surface area (Å²) in [5.74, 6) is -0.234. The van der Waals surface area contributed by atoms with Gasteiger partial charge in [-0.3, -0.25) is 9.20 Å². The molecule has 3 rings (SSSR count). The van der Waals surface area contributed by atoms with Crippen molar-refractivity contribution in [3.63, 3.8) is 0 Å². The van der Waals surface area contributed by atoms with Gasteiger partial charge in [0.25, 0.3) is 0 Å². The molecule has 2 aromatic heterocycles. The lowest BCUT2D eigenvalue weighted by Gasteiger charge is -2.17. The second kappa shape index (κ2) is 6.48. The van der Waals surface area contributed by atoms with Gasteiger partial charge in [-0.2, -0.15) is 5.10 Å². The number of benzene rings is 1. The van der Waals surface area contributed by atoms with Gasteiger partial charge in [0.05, 0.1) is 17.8 Å². The van der Waals surface area contributed by atoms with E-state index < -0.39 is 0 Å². The van der Waals surface area contributed by atoms with Crippen LogP contribution in [0.4, 0.5) is 0 Å². The summed E-state index contributed by atoms with van der Waals surface area (Å²) in [6.45, 7) is 1.91. The third-order valence-electron chi connectivity index (χ3n) is 3.78. The molecule has 0 spiro atoms. The Hall–Kier alpha value is -2.89. The minimum Gasteiger partial charge on any atom is -0.348 e. The summed E-state index contributed by atoms with van der Waals surface area (Å²) in [7, 11) is 0. The van der Waals surface area contributed by atoms with Gasteiger partial charge < -0.3 is 5.32 Å². The number of amides is 1. The number of nitrogens with zero attached hydrogens (tertiary/aromatic N) is 3. The molecular formula is C17H18N4O2. The van der Waals surface area contributed by atoms with Gasteiger partial charge in [0.2, 0.25) is 5.91 Å². The Labute approximate surface area is 133 Å². The van der Waals surface area contributed by atoms with Crippen LogP contribution in [0.1, 0.15) is 24.9 Å². The molecule has 0 radical (unpaired) electrons. The largest absolute Gasteiger partial charge is 0.349 e. The number of hydrogen-bond donors (Lipinski definition) is 1. The van der Waals surface area contributed by atoms with Crippen LogP contribution < -0.4 is 11.0 Å². The number of hydrogen-bond acceptors (Lipinski definition) is 3. The molecule has 3 aromatic rings. The molecule has 0 aliphatic carbocycles. The van der Waals surface area contributed by atoms with Crippen LogP contribution in [0, 0.1) is 0 Å². The van der Waals surface area contributed by atoms with Gasteiger partial charge in [-0.1, -0.05) is 37.3 Å². The molecule has 1 aromatic carbocycles.